The Balaban J connectivity index is 1.29. The lowest BCUT2D eigenvalue weighted by molar-refractivity contribution is -0.185. The number of hydrogen-bond acceptors (Lipinski definition) is 6. The molecule has 1 unspecified atom stereocenters. The topological polar surface area (TPSA) is 67.1 Å². The Bertz CT molecular complexity index is 1030. The first-order chi connectivity index (χ1) is 14.8. The molecule has 3 heterocycles. The highest BCUT2D eigenvalue weighted by molar-refractivity contribution is 7.18. The van der Waals surface area contributed by atoms with Crippen LogP contribution in [0, 0.1) is 11.9 Å². The van der Waals surface area contributed by atoms with Gasteiger partial charge in [0.2, 0.25) is 5.95 Å². The number of benzene rings is 1. The van der Waals surface area contributed by atoms with E-state index in [0.717, 1.165) is 21.2 Å². The van der Waals surface area contributed by atoms with Crippen LogP contribution in [-0.2, 0) is 0 Å². The molecule has 5 nitrogen and oxygen atoms in total. The molecule has 3 aromatic rings. The second-order valence-corrected chi connectivity index (χ2v) is 8.89. The number of anilines is 1. The van der Waals surface area contributed by atoms with Gasteiger partial charge >= 0.3 is 6.18 Å². The summed E-state index contributed by atoms with van der Waals surface area (Å²) in [5.74, 6) is -1.72. The molecule has 1 aliphatic rings. The lowest BCUT2D eigenvalue weighted by atomic mass is 9.96. The molecule has 0 spiro atoms. The van der Waals surface area contributed by atoms with E-state index in [9.17, 15) is 17.6 Å². The van der Waals surface area contributed by atoms with E-state index < -0.39 is 18.0 Å². The number of likely N-dealkylation sites (tertiary alicyclic amines) is 1. The summed E-state index contributed by atoms with van der Waals surface area (Å²) >= 11 is 1.46. The first-order valence-electron chi connectivity index (χ1n) is 10.1. The van der Waals surface area contributed by atoms with E-state index in [1.807, 2.05) is 23.1 Å². The van der Waals surface area contributed by atoms with Crippen molar-refractivity contribution in [3.63, 3.8) is 0 Å². The maximum Gasteiger partial charge on any atom is 0.391 e. The number of nitrogens with zero attached hydrogens (tertiary/aromatic N) is 3. The van der Waals surface area contributed by atoms with Gasteiger partial charge in [0.1, 0.15) is 0 Å². The summed E-state index contributed by atoms with van der Waals surface area (Å²) in [5, 5.41) is 5.55. The van der Waals surface area contributed by atoms with E-state index in [-0.39, 0.29) is 18.9 Å². The summed E-state index contributed by atoms with van der Waals surface area (Å²) in [6.45, 7) is 1.84. The maximum atomic E-state index is 13.4. The molecule has 1 fully saturated rings. The van der Waals surface area contributed by atoms with Gasteiger partial charge in [-0.05, 0) is 42.9 Å². The fourth-order valence-corrected chi connectivity index (χ4v) is 4.63. The van der Waals surface area contributed by atoms with Crippen LogP contribution >= 0.6 is 11.3 Å². The molecule has 2 aromatic heterocycles. The summed E-state index contributed by atoms with van der Waals surface area (Å²) in [5.41, 5.74) is 7.11. The summed E-state index contributed by atoms with van der Waals surface area (Å²) in [6, 6.07) is 6.91. The van der Waals surface area contributed by atoms with Crippen LogP contribution in [0.5, 0.6) is 0 Å². The second kappa shape index (κ2) is 9.05. The number of pyridine rings is 1. The van der Waals surface area contributed by atoms with Gasteiger partial charge in [-0.1, -0.05) is 23.5 Å². The number of alkyl halides is 3. The van der Waals surface area contributed by atoms with E-state index in [1.54, 1.807) is 6.20 Å². The van der Waals surface area contributed by atoms with Crippen LogP contribution in [0.15, 0.2) is 36.7 Å². The smallest absolute Gasteiger partial charge is 0.360 e. The average molecular weight is 454 g/mol. The Morgan fingerprint density at radius 1 is 1.13 bits per heavy atom. The molecule has 3 N–H and O–H groups in total. The van der Waals surface area contributed by atoms with Crippen molar-refractivity contribution in [2.24, 2.45) is 11.7 Å². The van der Waals surface area contributed by atoms with Crippen molar-refractivity contribution in [2.75, 3.05) is 31.5 Å². The highest BCUT2D eigenvalue weighted by Gasteiger charge is 2.41. The minimum Gasteiger partial charge on any atom is -0.360 e. The molecule has 1 saturated heterocycles. The van der Waals surface area contributed by atoms with E-state index in [4.69, 9.17) is 5.73 Å². The minimum absolute atomic E-state index is 0.130. The standard InChI is InChI=1S/C21H23F4N5S/c22-19-8-15-7-13(1-2-14(15)9-27-19)18-11-29-20(31-18)28-10-17(26)12-30-5-3-16(4-6-30)21(23,24)25/h1-2,7-9,11,16-17H,3-6,10,12,26H2,(H,28,29). The van der Waals surface area contributed by atoms with Gasteiger partial charge in [0.05, 0.1) is 10.8 Å². The molecule has 1 aliphatic heterocycles. The van der Waals surface area contributed by atoms with Crippen molar-refractivity contribution >= 4 is 27.2 Å². The molecule has 31 heavy (non-hydrogen) atoms. The third kappa shape index (κ3) is 5.50. The number of nitrogens with two attached hydrogens (primary N) is 1. The van der Waals surface area contributed by atoms with Gasteiger partial charge in [0.25, 0.3) is 0 Å². The number of aromatic nitrogens is 2. The van der Waals surface area contributed by atoms with Crippen molar-refractivity contribution < 1.29 is 17.6 Å². The Labute approximate surface area is 181 Å². The number of halogens is 4. The normalized spacial score (nSPS) is 17.2. The molecule has 1 aromatic carbocycles. The largest absolute Gasteiger partial charge is 0.391 e. The predicted octanol–water partition coefficient (Wildman–Crippen LogP) is 4.51. The molecule has 0 radical (unpaired) electrons. The first kappa shape index (κ1) is 21.9. The number of nitrogens with one attached hydrogen (secondary N) is 1. The molecule has 0 bridgehead atoms. The summed E-state index contributed by atoms with van der Waals surface area (Å²) in [7, 11) is 0. The van der Waals surface area contributed by atoms with Crippen molar-refractivity contribution in [1.82, 2.24) is 14.9 Å². The fourth-order valence-electron chi connectivity index (χ4n) is 3.81. The second-order valence-electron chi connectivity index (χ2n) is 7.86. The molecule has 4 rings (SSSR count). The number of thiazole rings is 1. The quantitative estimate of drug-likeness (QED) is 0.425. The van der Waals surface area contributed by atoms with Gasteiger partial charge in [0.15, 0.2) is 5.13 Å². The predicted molar refractivity (Wildman–Crippen MR) is 114 cm³/mol. The van der Waals surface area contributed by atoms with E-state index in [0.29, 0.717) is 31.3 Å². The monoisotopic (exact) mass is 453 g/mol. The fraction of sp³-hybridized carbons (Fsp3) is 0.429. The molecule has 0 amide bonds. The van der Waals surface area contributed by atoms with Gasteiger partial charge in [-0.2, -0.15) is 17.6 Å². The van der Waals surface area contributed by atoms with Crippen LogP contribution in [0.25, 0.3) is 21.2 Å². The zero-order valence-corrected chi connectivity index (χ0v) is 17.5. The summed E-state index contributed by atoms with van der Waals surface area (Å²) in [4.78, 5) is 11.0. The van der Waals surface area contributed by atoms with Crippen LogP contribution in [0.2, 0.25) is 0 Å². The lowest BCUT2D eigenvalue weighted by Gasteiger charge is -2.34. The third-order valence-corrected chi connectivity index (χ3v) is 6.54. The van der Waals surface area contributed by atoms with Crippen LogP contribution in [0.1, 0.15) is 12.8 Å². The van der Waals surface area contributed by atoms with Crippen LogP contribution < -0.4 is 11.1 Å². The molecular weight excluding hydrogens is 430 g/mol. The number of hydrogen-bond donors (Lipinski definition) is 2. The molecule has 1 atom stereocenters. The Morgan fingerprint density at radius 3 is 2.65 bits per heavy atom. The maximum absolute atomic E-state index is 13.4. The lowest BCUT2D eigenvalue weighted by Crippen LogP contribution is -2.46. The molecule has 0 aliphatic carbocycles. The van der Waals surface area contributed by atoms with Gasteiger partial charge in [-0.25, -0.2) is 9.97 Å². The highest BCUT2D eigenvalue weighted by Crippen LogP contribution is 2.34. The first-order valence-corrected chi connectivity index (χ1v) is 10.9. The van der Waals surface area contributed by atoms with Gasteiger partial charge < -0.3 is 16.0 Å². The Kier molecular flexibility index (Phi) is 6.40. The molecular formula is C21H23F4N5S. The van der Waals surface area contributed by atoms with Crippen molar-refractivity contribution in [3.05, 3.63) is 42.6 Å². The van der Waals surface area contributed by atoms with Crippen LogP contribution in [0.4, 0.5) is 22.7 Å². The van der Waals surface area contributed by atoms with Crippen molar-refractivity contribution in [1.29, 1.82) is 0 Å². The Hall–Kier alpha value is -2.30. The number of piperidine rings is 1. The van der Waals surface area contributed by atoms with Crippen molar-refractivity contribution in [2.45, 2.75) is 25.1 Å². The van der Waals surface area contributed by atoms with Crippen LogP contribution in [0.3, 0.4) is 0 Å². The zero-order valence-electron chi connectivity index (χ0n) is 16.7. The third-order valence-electron chi connectivity index (χ3n) is 5.54. The van der Waals surface area contributed by atoms with Gasteiger partial charge in [-0.3, -0.25) is 0 Å². The molecule has 0 saturated carbocycles. The number of fused-ring (bicyclic) bond motifs is 1. The van der Waals surface area contributed by atoms with Crippen molar-refractivity contribution in [3.8, 4) is 10.4 Å². The SMILES string of the molecule is NC(CNc1ncc(-c2ccc3cnc(F)cc3c2)s1)CN1CCC(C(F)(F)F)CC1. The number of rotatable bonds is 6. The van der Waals surface area contributed by atoms with E-state index in [1.165, 1.54) is 23.6 Å². The van der Waals surface area contributed by atoms with Gasteiger partial charge in [0, 0.05) is 43.0 Å². The molecule has 166 valence electrons. The van der Waals surface area contributed by atoms with Gasteiger partial charge in [-0.15, -0.1) is 0 Å². The molecule has 10 heteroatoms. The van der Waals surface area contributed by atoms with E-state index >= 15 is 0 Å². The average Bonchev–Trinajstić information content (AvgIpc) is 3.20. The van der Waals surface area contributed by atoms with E-state index in [2.05, 4.69) is 15.3 Å². The zero-order chi connectivity index (χ0) is 22.0. The summed E-state index contributed by atoms with van der Waals surface area (Å²) < 4.78 is 51.7. The highest BCUT2D eigenvalue weighted by atomic mass is 32.1. The minimum atomic E-state index is -4.10. The Morgan fingerprint density at radius 2 is 1.90 bits per heavy atom. The van der Waals surface area contributed by atoms with Crippen LogP contribution in [-0.4, -0.2) is 53.3 Å². The summed E-state index contributed by atoms with van der Waals surface area (Å²) in [6.07, 6.45) is -0.592.